The molecule has 0 rings (SSSR count). The molecule has 0 radical (unpaired) electrons. The van der Waals surface area contributed by atoms with Crippen molar-refractivity contribution in [2.45, 2.75) is 73.4 Å². The lowest BCUT2D eigenvalue weighted by Gasteiger charge is -2.27. The van der Waals surface area contributed by atoms with Gasteiger partial charge in [0.25, 0.3) is 0 Å². The maximum absolute atomic E-state index is 8.54. The quantitative estimate of drug-likeness (QED) is 0.190. The molecule has 0 spiro atoms. The largest absolute Gasteiger partial charge is 0.501 e. The predicted octanol–water partition coefficient (Wildman–Crippen LogP) is 4.79. The van der Waals surface area contributed by atoms with E-state index < -0.39 is 17.6 Å². The second-order valence-corrected chi connectivity index (χ2v) is 11.1. The summed E-state index contributed by atoms with van der Waals surface area (Å²) in [5, 5.41) is 17.2. The van der Waals surface area contributed by atoms with Crippen molar-refractivity contribution in [2.75, 3.05) is 39.6 Å². The molecule has 11 heteroatoms. The molecular weight excluding hydrogens is 440 g/mol. The van der Waals surface area contributed by atoms with Gasteiger partial charge in [0, 0.05) is 58.2 Å². The minimum Gasteiger partial charge on any atom is -0.374 e. The lowest BCUT2D eigenvalue weighted by atomic mass is 10.6. The molecule has 0 aliphatic heterocycles. The molecule has 0 saturated carbocycles. The van der Waals surface area contributed by atoms with Crippen molar-refractivity contribution in [1.29, 1.82) is 10.5 Å². The molecule has 0 fully saturated rings. The van der Waals surface area contributed by atoms with Gasteiger partial charge in [0.05, 0.1) is 6.07 Å². The van der Waals surface area contributed by atoms with Crippen LogP contribution < -0.4 is 0 Å². The van der Waals surface area contributed by atoms with Crippen molar-refractivity contribution in [3.63, 3.8) is 0 Å². The van der Waals surface area contributed by atoms with Gasteiger partial charge in [-0.05, 0) is 41.5 Å². The lowest BCUT2D eigenvalue weighted by Crippen LogP contribution is -2.45. The summed E-state index contributed by atoms with van der Waals surface area (Å²) in [4.78, 5) is 0. The number of nitriles is 2. The smallest absolute Gasteiger partial charge is 0.374 e. The third-order valence-electron chi connectivity index (χ3n) is 3.28. The van der Waals surface area contributed by atoms with Gasteiger partial charge in [-0.1, -0.05) is 26.0 Å². The maximum Gasteiger partial charge on any atom is 0.501 e. The maximum atomic E-state index is 8.54. The normalized spacial score (nSPS) is 10.7. The van der Waals surface area contributed by atoms with Gasteiger partial charge in [0.1, 0.15) is 5.40 Å². The number of nitrogens with zero attached hydrogens (tertiary/aromatic N) is 2. The van der Waals surface area contributed by atoms with Gasteiger partial charge in [-0.25, -0.2) is 0 Å². The number of hydrogen-bond acceptors (Lipinski definition) is 9. The summed E-state index contributed by atoms with van der Waals surface area (Å²) in [7, 11) is -4.83. The van der Waals surface area contributed by atoms with Gasteiger partial charge in [-0.15, -0.1) is 0 Å². The Hall–Kier alpha value is -0.476. The van der Waals surface area contributed by atoms with E-state index in [1.54, 1.807) is 0 Å². The van der Waals surface area contributed by atoms with Crippen molar-refractivity contribution in [1.82, 2.24) is 0 Å². The summed E-state index contributed by atoms with van der Waals surface area (Å²) in [5.41, 5.74) is 0. The Bertz CT molecular complexity index is 403. The van der Waals surface area contributed by atoms with Gasteiger partial charge >= 0.3 is 17.6 Å². The SMILES string of the molecule is CCC[Si](OCC)(OCC)OCC.CCO[Si](CCC#N)(OCC)OCC.N#CS. The molecule has 0 saturated heterocycles. The highest BCUT2D eigenvalue weighted by Gasteiger charge is 2.40. The molecule has 8 nitrogen and oxygen atoms in total. The second-order valence-electron chi connectivity index (χ2n) is 5.47. The molecule has 0 atom stereocenters. The van der Waals surface area contributed by atoms with Gasteiger partial charge in [-0.2, -0.15) is 10.5 Å². The van der Waals surface area contributed by atoms with Crippen LogP contribution in [-0.2, 0) is 26.6 Å². The van der Waals surface area contributed by atoms with Crippen LogP contribution in [0.25, 0.3) is 0 Å². The number of rotatable bonds is 16. The molecule has 178 valence electrons. The third kappa shape index (κ3) is 18.3. The summed E-state index contributed by atoms with van der Waals surface area (Å²) in [5.74, 6) is 0. The average molecular weight is 483 g/mol. The zero-order chi connectivity index (χ0) is 23.7. The summed E-state index contributed by atoms with van der Waals surface area (Å²) in [6.45, 7) is 17.5. The summed E-state index contributed by atoms with van der Waals surface area (Å²) in [6.07, 6.45) is 1.47. The highest BCUT2D eigenvalue weighted by atomic mass is 32.1. The van der Waals surface area contributed by atoms with E-state index >= 15 is 0 Å². The third-order valence-corrected chi connectivity index (χ3v) is 9.63. The number of thiol groups is 1. The van der Waals surface area contributed by atoms with E-state index in [4.69, 9.17) is 37.1 Å². The summed E-state index contributed by atoms with van der Waals surface area (Å²) in [6, 6.07) is 3.59. The minimum absolute atomic E-state index is 0.423. The Morgan fingerprint density at radius 3 is 1.07 bits per heavy atom. The number of hydrogen-bond donors (Lipinski definition) is 1. The van der Waals surface area contributed by atoms with Crippen LogP contribution in [0.2, 0.25) is 12.1 Å². The molecule has 0 aromatic rings. The molecule has 0 aliphatic carbocycles. The van der Waals surface area contributed by atoms with Crippen molar-refractivity contribution >= 4 is 30.2 Å². The fourth-order valence-electron chi connectivity index (χ4n) is 2.52. The fourth-order valence-corrected chi connectivity index (χ4v) is 7.55. The molecule has 0 heterocycles. The molecule has 0 aliphatic rings. The van der Waals surface area contributed by atoms with E-state index in [9.17, 15) is 0 Å². The molecule has 0 N–H and O–H groups in total. The van der Waals surface area contributed by atoms with Crippen LogP contribution in [0.1, 0.15) is 61.3 Å². The van der Waals surface area contributed by atoms with Gasteiger partial charge < -0.3 is 26.6 Å². The van der Waals surface area contributed by atoms with Crippen molar-refractivity contribution in [3.05, 3.63) is 0 Å². The summed E-state index contributed by atoms with van der Waals surface area (Å²) < 4.78 is 33.6. The standard InChI is InChI=1S/C9H19NO3Si.C9H22O3Si.CHNS/c1-4-11-14(12-5-2,13-6-3)9-7-8-10;1-5-9-13(10-6-2,11-7-3)12-8-4;2-1-3/h4-7,9H2,1-3H3;5-9H2,1-4H3;3H. The first kappa shape index (κ1) is 34.1. The first-order valence-electron chi connectivity index (χ1n) is 10.6. The molecule has 0 bridgehead atoms. The van der Waals surface area contributed by atoms with Crippen LogP contribution in [0.5, 0.6) is 0 Å². The molecular formula is C19H42N2O6SSi2. The molecule has 0 aromatic carbocycles. The van der Waals surface area contributed by atoms with Gasteiger partial charge in [-0.3, -0.25) is 0 Å². The molecule has 0 aromatic heterocycles. The van der Waals surface area contributed by atoms with Crippen LogP contribution in [-0.4, -0.2) is 57.3 Å². The fraction of sp³-hybridized carbons (Fsp3) is 0.895. The molecule has 0 unspecified atom stereocenters. The van der Waals surface area contributed by atoms with Gasteiger partial charge in [0.15, 0.2) is 0 Å². The van der Waals surface area contributed by atoms with Crippen molar-refractivity contribution in [2.24, 2.45) is 0 Å². The first-order chi connectivity index (χ1) is 14.4. The number of thiocyanates is 1. The van der Waals surface area contributed by atoms with E-state index in [1.807, 2.05) is 41.5 Å². The second kappa shape index (κ2) is 24.8. The summed E-state index contributed by atoms with van der Waals surface area (Å²) >= 11 is 3.09. The monoisotopic (exact) mass is 482 g/mol. The topological polar surface area (TPSA) is 103 Å². The highest BCUT2D eigenvalue weighted by Crippen LogP contribution is 2.18. The lowest BCUT2D eigenvalue weighted by molar-refractivity contribution is 0.0706. The van der Waals surface area contributed by atoms with E-state index in [2.05, 4.69) is 25.6 Å². The molecule has 0 amide bonds. The van der Waals surface area contributed by atoms with Crippen LogP contribution in [0, 0.1) is 22.0 Å². The van der Waals surface area contributed by atoms with E-state index in [1.165, 1.54) is 5.40 Å². The highest BCUT2D eigenvalue weighted by molar-refractivity contribution is 7.85. The van der Waals surface area contributed by atoms with Crippen LogP contribution in [0.4, 0.5) is 0 Å². The van der Waals surface area contributed by atoms with Crippen molar-refractivity contribution < 1.29 is 26.6 Å². The zero-order valence-electron chi connectivity index (χ0n) is 19.9. The predicted molar refractivity (Wildman–Crippen MR) is 126 cm³/mol. The Morgan fingerprint density at radius 2 is 0.867 bits per heavy atom. The van der Waals surface area contributed by atoms with E-state index in [-0.39, 0.29) is 0 Å². The minimum atomic E-state index is -2.54. The first-order valence-corrected chi connectivity index (χ1v) is 14.9. The zero-order valence-corrected chi connectivity index (χ0v) is 22.8. The van der Waals surface area contributed by atoms with Gasteiger partial charge in [0.2, 0.25) is 0 Å². The van der Waals surface area contributed by atoms with E-state index in [0.29, 0.717) is 52.1 Å². The van der Waals surface area contributed by atoms with Crippen LogP contribution >= 0.6 is 12.6 Å². The van der Waals surface area contributed by atoms with Crippen LogP contribution in [0.15, 0.2) is 0 Å². The Balaban J connectivity index is -0.000000430. The van der Waals surface area contributed by atoms with Crippen LogP contribution in [0.3, 0.4) is 0 Å². The average Bonchev–Trinajstić information content (AvgIpc) is 2.69. The molecule has 30 heavy (non-hydrogen) atoms. The Morgan fingerprint density at radius 1 is 0.600 bits per heavy atom. The Labute approximate surface area is 191 Å². The van der Waals surface area contributed by atoms with Crippen molar-refractivity contribution in [3.8, 4) is 11.5 Å². The Kier molecular flexibility index (Phi) is 28.2. The van der Waals surface area contributed by atoms with E-state index in [0.717, 1.165) is 12.5 Å².